The van der Waals surface area contributed by atoms with Gasteiger partial charge in [-0.3, -0.25) is 0 Å². The summed E-state index contributed by atoms with van der Waals surface area (Å²) in [4.78, 5) is 0. The molecule has 2 aromatic rings. The average molecular weight is 260 g/mol. The van der Waals surface area contributed by atoms with Crippen LogP contribution in [0.1, 0.15) is 11.1 Å². The number of nitrogen functional groups attached to an aromatic ring is 1. The standard InChI is InChI=1S/C11H8F4N2O/c1-5-9(18-17-10(5)16)7-4-6(11(13,14)15)2-3-8(7)12/h2-4H,1H3,(H2,16,17). The second kappa shape index (κ2) is 4.01. The van der Waals surface area contributed by atoms with E-state index in [1.165, 1.54) is 6.92 Å². The van der Waals surface area contributed by atoms with Crippen molar-refractivity contribution < 1.29 is 22.1 Å². The Morgan fingerprint density at radius 1 is 1.28 bits per heavy atom. The highest BCUT2D eigenvalue weighted by Crippen LogP contribution is 2.35. The summed E-state index contributed by atoms with van der Waals surface area (Å²) in [6, 6.07) is 2.06. The van der Waals surface area contributed by atoms with Crippen LogP contribution in [0.2, 0.25) is 0 Å². The van der Waals surface area contributed by atoms with Crippen molar-refractivity contribution in [2.24, 2.45) is 0 Å². The van der Waals surface area contributed by atoms with Crippen molar-refractivity contribution >= 4 is 5.82 Å². The van der Waals surface area contributed by atoms with E-state index in [0.717, 1.165) is 6.07 Å². The van der Waals surface area contributed by atoms with Gasteiger partial charge in [-0.05, 0) is 25.1 Å². The number of alkyl halides is 3. The van der Waals surface area contributed by atoms with Gasteiger partial charge >= 0.3 is 6.18 Å². The summed E-state index contributed by atoms with van der Waals surface area (Å²) in [7, 11) is 0. The van der Waals surface area contributed by atoms with Crippen LogP contribution in [0, 0.1) is 12.7 Å². The maximum Gasteiger partial charge on any atom is 0.416 e. The zero-order valence-corrected chi connectivity index (χ0v) is 9.18. The first-order valence-electron chi connectivity index (χ1n) is 4.89. The van der Waals surface area contributed by atoms with Gasteiger partial charge in [0, 0.05) is 5.56 Å². The fourth-order valence-electron chi connectivity index (χ4n) is 1.47. The fourth-order valence-corrected chi connectivity index (χ4v) is 1.47. The Morgan fingerprint density at radius 2 is 1.94 bits per heavy atom. The molecule has 2 rings (SSSR count). The van der Waals surface area contributed by atoms with Crippen LogP contribution in [0.4, 0.5) is 23.4 Å². The molecule has 0 fully saturated rings. The molecule has 0 spiro atoms. The first-order chi connectivity index (χ1) is 8.30. The first-order valence-corrected chi connectivity index (χ1v) is 4.89. The van der Waals surface area contributed by atoms with Crippen LogP contribution < -0.4 is 5.73 Å². The molecule has 1 aromatic carbocycles. The molecule has 96 valence electrons. The SMILES string of the molecule is Cc1c(N)noc1-c1cc(C(F)(F)F)ccc1F. The van der Waals surface area contributed by atoms with Crippen molar-refractivity contribution in [3.8, 4) is 11.3 Å². The van der Waals surface area contributed by atoms with E-state index in [2.05, 4.69) is 5.16 Å². The quantitative estimate of drug-likeness (QED) is 0.799. The summed E-state index contributed by atoms with van der Waals surface area (Å²) in [6.07, 6.45) is -4.55. The van der Waals surface area contributed by atoms with Crippen LogP contribution in [0.25, 0.3) is 11.3 Å². The van der Waals surface area contributed by atoms with Gasteiger partial charge in [0.05, 0.1) is 11.1 Å². The predicted molar refractivity (Wildman–Crippen MR) is 56.0 cm³/mol. The molecule has 18 heavy (non-hydrogen) atoms. The van der Waals surface area contributed by atoms with Crippen molar-refractivity contribution in [1.29, 1.82) is 0 Å². The van der Waals surface area contributed by atoms with Crippen LogP contribution in [-0.4, -0.2) is 5.16 Å². The molecule has 3 nitrogen and oxygen atoms in total. The second-order valence-electron chi connectivity index (χ2n) is 3.71. The van der Waals surface area contributed by atoms with E-state index < -0.39 is 17.6 Å². The smallest absolute Gasteiger partial charge is 0.381 e. The number of hydrogen-bond donors (Lipinski definition) is 1. The van der Waals surface area contributed by atoms with Gasteiger partial charge in [0.2, 0.25) is 0 Å². The molecule has 2 N–H and O–H groups in total. The van der Waals surface area contributed by atoms with Crippen molar-refractivity contribution in [3.63, 3.8) is 0 Å². The van der Waals surface area contributed by atoms with Gasteiger partial charge < -0.3 is 10.3 Å². The maximum absolute atomic E-state index is 13.5. The molecule has 0 unspecified atom stereocenters. The van der Waals surface area contributed by atoms with Gasteiger partial charge in [-0.15, -0.1) is 0 Å². The lowest BCUT2D eigenvalue weighted by Crippen LogP contribution is -2.05. The molecule has 1 aromatic heterocycles. The third-order valence-corrected chi connectivity index (χ3v) is 2.50. The number of rotatable bonds is 1. The number of aromatic nitrogens is 1. The van der Waals surface area contributed by atoms with E-state index in [1.807, 2.05) is 0 Å². The largest absolute Gasteiger partial charge is 0.416 e. The summed E-state index contributed by atoms with van der Waals surface area (Å²) < 4.78 is 55.9. The van der Waals surface area contributed by atoms with Gasteiger partial charge in [-0.2, -0.15) is 13.2 Å². The Hall–Kier alpha value is -2.05. The molecule has 0 amide bonds. The fraction of sp³-hybridized carbons (Fsp3) is 0.182. The molecule has 0 saturated heterocycles. The van der Waals surface area contributed by atoms with E-state index in [9.17, 15) is 17.6 Å². The third kappa shape index (κ3) is 2.03. The monoisotopic (exact) mass is 260 g/mol. The van der Waals surface area contributed by atoms with Gasteiger partial charge in [0.15, 0.2) is 11.6 Å². The zero-order valence-electron chi connectivity index (χ0n) is 9.18. The van der Waals surface area contributed by atoms with E-state index in [0.29, 0.717) is 17.7 Å². The summed E-state index contributed by atoms with van der Waals surface area (Å²) in [5.74, 6) is -0.917. The minimum atomic E-state index is -4.55. The molecule has 1 heterocycles. The summed E-state index contributed by atoms with van der Waals surface area (Å²) >= 11 is 0. The second-order valence-corrected chi connectivity index (χ2v) is 3.71. The zero-order chi connectivity index (χ0) is 13.5. The number of nitrogens with zero attached hydrogens (tertiary/aromatic N) is 1. The van der Waals surface area contributed by atoms with E-state index >= 15 is 0 Å². The van der Waals surface area contributed by atoms with Crippen LogP contribution in [0.5, 0.6) is 0 Å². The van der Waals surface area contributed by atoms with Crippen molar-refractivity contribution in [2.75, 3.05) is 5.73 Å². The molecular weight excluding hydrogens is 252 g/mol. The molecule has 0 aliphatic carbocycles. The summed E-state index contributed by atoms with van der Waals surface area (Å²) in [6.45, 7) is 1.49. The Morgan fingerprint density at radius 3 is 2.44 bits per heavy atom. The van der Waals surface area contributed by atoms with Crippen LogP contribution in [0.15, 0.2) is 22.7 Å². The van der Waals surface area contributed by atoms with Crippen molar-refractivity contribution in [2.45, 2.75) is 13.1 Å². The molecule has 0 bridgehead atoms. The lowest BCUT2D eigenvalue weighted by atomic mass is 10.1. The molecule has 0 aliphatic heterocycles. The van der Waals surface area contributed by atoms with Gasteiger partial charge in [0.25, 0.3) is 0 Å². The van der Waals surface area contributed by atoms with E-state index in [-0.39, 0.29) is 17.1 Å². The number of anilines is 1. The molecule has 0 radical (unpaired) electrons. The lowest BCUT2D eigenvalue weighted by Gasteiger charge is -2.08. The molecule has 0 aliphatic rings. The number of benzene rings is 1. The lowest BCUT2D eigenvalue weighted by molar-refractivity contribution is -0.137. The highest BCUT2D eigenvalue weighted by molar-refractivity contribution is 5.66. The molecular formula is C11H8F4N2O. The molecule has 0 saturated carbocycles. The highest BCUT2D eigenvalue weighted by atomic mass is 19.4. The van der Waals surface area contributed by atoms with E-state index in [1.54, 1.807) is 0 Å². The maximum atomic E-state index is 13.5. The molecule has 7 heteroatoms. The van der Waals surface area contributed by atoms with Gasteiger partial charge in [0.1, 0.15) is 5.82 Å². The van der Waals surface area contributed by atoms with Crippen LogP contribution in [0.3, 0.4) is 0 Å². The highest BCUT2D eigenvalue weighted by Gasteiger charge is 2.32. The topological polar surface area (TPSA) is 52.0 Å². The van der Waals surface area contributed by atoms with Crippen molar-refractivity contribution in [3.05, 3.63) is 35.1 Å². The van der Waals surface area contributed by atoms with Crippen LogP contribution >= 0.6 is 0 Å². The van der Waals surface area contributed by atoms with E-state index in [4.69, 9.17) is 10.3 Å². The van der Waals surface area contributed by atoms with Crippen LogP contribution in [-0.2, 0) is 6.18 Å². The minimum Gasteiger partial charge on any atom is -0.381 e. The Labute approximate surface area is 99.2 Å². The van der Waals surface area contributed by atoms with Gasteiger partial charge in [-0.25, -0.2) is 4.39 Å². The Kier molecular flexibility index (Phi) is 2.76. The van der Waals surface area contributed by atoms with Crippen molar-refractivity contribution in [1.82, 2.24) is 5.16 Å². The Balaban J connectivity index is 2.61. The number of halogens is 4. The average Bonchev–Trinajstić information content (AvgIpc) is 2.59. The normalized spacial score (nSPS) is 11.8. The first kappa shape index (κ1) is 12.4. The summed E-state index contributed by atoms with van der Waals surface area (Å²) in [5, 5.41) is 3.38. The minimum absolute atomic E-state index is 0.0156. The third-order valence-electron chi connectivity index (χ3n) is 2.50. The Bertz CT molecular complexity index is 589. The molecule has 0 atom stereocenters. The van der Waals surface area contributed by atoms with Gasteiger partial charge in [-0.1, -0.05) is 5.16 Å². The number of hydrogen-bond acceptors (Lipinski definition) is 3. The summed E-state index contributed by atoms with van der Waals surface area (Å²) in [5.41, 5.74) is 4.42. The number of nitrogens with two attached hydrogens (primary N) is 1. The predicted octanol–water partition coefficient (Wildman–Crippen LogP) is 3.39.